The predicted molar refractivity (Wildman–Crippen MR) is 48.6 cm³/mol. The van der Waals surface area contributed by atoms with E-state index in [-0.39, 0.29) is 24.4 Å². The molecule has 0 radical (unpaired) electrons. The monoisotopic (exact) mass is 180 g/mol. The quantitative estimate of drug-likeness (QED) is 0.484. The van der Waals surface area contributed by atoms with Crippen LogP contribution in [0.1, 0.15) is 6.92 Å². The molecule has 0 aromatic rings. The summed E-state index contributed by atoms with van der Waals surface area (Å²) in [5, 5.41) is 0. The van der Waals surface area contributed by atoms with Gasteiger partial charge in [0.15, 0.2) is 0 Å². The lowest BCUT2D eigenvalue weighted by Crippen LogP contribution is -2.44. The Morgan fingerprint density at radius 2 is 2.00 bits per heavy atom. The first-order valence-corrected chi connectivity index (χ1v) is 3.98. The van der Waals surface area contributed by atoms with E-state index >= 15 is 0 Å². The number of carbonyl (C=O) groups excluding carboxylic acids is 2. The van der Waals surface area contributed by atoms with Crippen LogP contribution in [-0.2, 0) is 9.59 Å². The van der Waals surface area contributed by atoms with Gasteiger partial charge in [-0.1, -0.05) is 12.2 Å². The van der Waals surface area contributed by atoms with Crippen molar-refractivity contribution < 1.29 is 9.59 Å². The Morgan fingerprint density at radius 1 is 1.54 bits per heavy atom. The van der Waals surface area contributed by atoms with E-state index < -0.39 is 0 Å². The number of rotatable bonds is 3. The van der Waals surface area contributed by atoms with Crippen molar-refractivity contribution in [3.8, 4) is 0 Å². The first-order valence-electron chi connectivity index (χ1n) is 3.98. The number of imide groups is 1. The van der Waals surface area contributed by atoms with Crippen LogP contribution in [0.4, 0.5) is 0 Å². The summed E-state index contributed by atoms with van der Waals surface area (Å²) in [7, 11) is 0. The molecule has 13 heavy (non-hydrogen) atoms. The van der Waals surface area contributed by atoms with Crippen LogP contribution >= 0.6 is 0 Å². The number of hydrogen-bond acceptors (Lipinski definition) is 3. The van der Waals surface area contributed by atoms with E-state index in [1.54, 1.807) is 6.92 Å². The highest BCUT2D eigenvalue weighted by atomic mass is 16.2. The summed E-state index contributed by atoms with van der Waals surface area (Å²) in [5.41, 5.74) is 6.16. The molecule has 0 aromatic carbocycles. The summed E-state index contributed by atoms with van der Waals surface area (Å²) in [6, 6.07) is -0.380. The number of nitrogens with two attached hydrogens (primary N) is 1. The maximum absolute atomic E-state index is 11.2. The van der Waals surface area contributed by atoms with E-state index in [0.717, 1.165) is 4.90 Å². The Morgan fingerprint density at radius 3 is 2.31 bits per heavy atom. The van der Waals surface area contributed by atoms with Crippen molar-refractivity contribution >= 4 is 11.8 Å². The molecule has 0 saturated carbocycles. The predicted octanol–water partition coefficient (Wildman–Crippen LogP) is -0.185. The van der Waals surface area contributed by atoms with Gasteiger partial charge in [0.25, 0.3) is 11.8 Å². The summed E-state index contributed by atoms with van der Waals surface area (Å²) in [6.45, 7) is 5.65. The molecule has 0 bridgehead atoms. The van der Waals surface area contributed by atoms with Gasteiger partial charge in [-0.3, -0.25) is 14.5 Å². The molecule has 1 heterocycles. The molecule has 70 valence electrons. The zero-order chi connectivity index (χ0) is 10.0. The van der Waals surface area contributed by atoms with E-state index in [0.29, 0.717) is 5.57 Å². The fourth-order valence-corrected chi connectivity index (χ4v) is 1.25. The molecule has 0 saturated heterocycles. The molecule has 1 rings (SSSR count). The van der Waals surface area contributed by atoms with Crippen LogP contribution in [0.15, 0.2) is 24.3 Å². The van der Waals surface area contributed by atoms with Crippen molar-refractivity contribution in [1.82, 2.24) is 4.90 Å². The van der Waals surface area contributed by atoms with E-state index in [1.165, 1.54) is 12.2 Å². The second kappa shape index (κ2) is 3.53. The molecule has 0 aliphatic carbocycles. The van der Waals surface area contributed by atoms with Crippen LogP contribution in [0.2, 0.25) is 0 Å². The van der Waals surface area contributed by atoms with Crippen LogP contribution in [-0.4, -0.2) is 29.3 Å². The maximum Gasteiger partial charge on any atom is 0.254 e. The maximum atomic E-state index is 11.2. The lowest BCUT2D eigenvalue weighted by molar-refractivity contribution is -0.138. The second-order valence-electron chi connectivity index (χ2n) is 2.98. The lowest BCUT2D eigenvalue weighted by atomic mass is 10.1. The molecule has 0 fully saturated rings. The van der Waals surface area contributed by atoms with Crippen LogP contribution in [0, 0.1) is 0 Å². The van der Waals surface area contributed by atoms with E-state index in [1.807, 2.05) is 0 Å². The molecule has 4 nitrogen and oxygen atoms in total. The zero-order valence-electron chi connectivity index (χ0n) is 7.49. The topological polar surface area (TPSA) is 63.4 Å². The van der Waals surface area contributed by atoms with Crippen LogP contribution in [0.3, 0.4) is 0 Å². The summed E-state index contributed by atoms with van der Waals surface area (Å²) in [5.74, 6) is -0.632. The molecule has 2 N–H and O–H groups in total. The number of carbonyl (C=O) groups is 2. The molecule has 1 unspecified atom stereocenters. The first-order chi connectivity index (χ1) is 6.07. The summed E-state index contributed by atoms with van der Waals surface area (Å²) >= 11 is 0. The zero-order valence-corrected chi connectivity index (χ0v) is 7.49. The van der Waals surface area contributed by atoms with Crippen molar-refractivity contribution in [2.75, 3.05) is 6.54 Å². The molecule has 0 aromatic heterocycles. The largest absolute Gasteiger partial charge is 0.328 e. The average molecular weight is 180 g/mol. The van der Waals surface area contributed by atoms with Gasteiger partial charge in [-0.2, -0.15) is 0 Å². The standard InChI is InChI=1S/C9H12N2O2/c1-6(2)7(5-10)11-8(12)3-4-9(11)13/h3-4,7H,1,5,10H2,2H3. The van der Waals surface area contributed by atoms with Gasteiger partial charge in [0, 0.05) is 18.7 Å². The van der Waals surface area contributed by atoms with Crippen molar-refractivity contribution in [2.24, 2.45) is 5.73 Å². The minimum atomic E-state index is -0.380. The Bertz CT molecular complexity index is 276. The van der Waals surface area contributed by atoms with Gasteiger partial charge in [-0.05, 0) is 6.92 Å². The molecule has 4 heteroatoms. The fourth-order valence-electron chi connectivity index (χ4n) is 1.25. The SMILES string of the molecule is C=C(C)C(CN)N1C(=O)C=CC1=O. The van der Waals surface area contributed by atoms with Crippen LogP contribution in [0.25, 0.3) is 0 Å². The average Bonchev–Trinajstić information content (AvgIpc) is 2.36. The molecule has 0 spiro atoms. The molecule has 1 atom stereocenters. The molecule has 1 aliphatic rings. The Balaban J connectivity index is 2.87. The van der Waals surface area contributed by atoms with Gasteiger partial charge in [0.1, 0.15) is 0 Å². The molecule has 1 aliphatic heterocycles. The van der Waals surface area contributed by atoms with Crippen molar-refractivity contribution in [2.45, 2.75) is 13.0 Å². The first kappa shape index (κ1) is 9.67. The second-order valence-corrected chi connectivity index (χ2v) is 2.98. The summed E-state index contributed by atoms with van der Waals surface area (Å²) in [6.07, 6.45) is 2.49. The van der Waals surface area contributed by atoms with Crippen LogP contribution in [0.5, 0.6) is 0 Å². The van der Waals surface area contributed by atoms with Gasteiger partial charge in [-0.25, -0.2) is 0 Å². The highest BCUT2D eigenvalue weighted by molar-refractivity contribution is 6.13. The Hall–Kier alpha value is -1.42. The normalized spacial score (nSPS) is 18.2. The van der Waals surface area contributed by atoms with E-state index in [9.17, 15) is 9.59 Å². The number of nitrogens with zero attached hydrogens (tertiary/aromatic N) is 1. The third-order valence-corrected chi connectivity index (χ3v) is 1.95. The molecular formula is C9H12N2O2. The van der Waals surface area contributed by atoms with Gasteiger partial charge in [-0.15, -0.1) is 0 Å². The van der Waals surface area contributed by atoms with Crippen molar-refractivity contribution in [1.29, 1.82) is 0 Å². The lowest BCUT2D eigenvalue weighted by Gasteiger charge is -2.24. The minimum Gasteiger partial charge on any atom is -0.328 e. The van der Waals surface area contributed by atoms with Crippen molar-refractivity contribution in [3.05, 3.63) is 24.3 Å². The summed E-state index contributed by atoms with van der Waals surface area (Å²) in [4.78, 5) is 23.5. The number of amides is 2. The van der Waals surface area contributed by atoms with Gasteiger partial charge in [0.2, 0.25) is 0 Å². The third-order valence-electron chi connectivity index (χ3n) is 1.95. The third kappa shape index (κ3) is 1.67. The highest BCUT2D eigenvalue weighted by Crippen LogP contribution is 2.13. The van der Waals surface area contributed by atoms with Crippen molar-refractivity contribution in [3.63, 3.8) is 0 Å². The molecule has 2 amide bonds. The highest BCUT2D eigenvalue weighted by Gasteiger charge is 2.30. The fraction of sp³-hybridized carbons (Fsp3) is 0.333. The van der Waals surface area contributed by atoms with E-state index in [4.69, 9.17) is 5.73 Å². The summed E-state index contributed by atoms with van der Waals surface area (Å²) < 4.78 is 0. The van der Waals surface area contributed by atoms with Gasteiger partial charge in [0.05, 0.1) is 6.04 Å². The minimum absolute atomic E-state index is 0.217. The van der Waals surface area contributed by atoms with Gasteiger partial charge >= 0.3 is 0 Å². The Labute approximate surface area is 76.7 Å². The number of hydrogen-bond donors (Lipinski definition) is 1. The Kier molecular flexibility index (Phi) is 2.63. The van der Waals surface area contributed by atoms with Gasteiger partial charge < -0.3 is 5.73 Å². The smallest absolute Gasteiger partial charge is 0.254 e. The molecular weight excluding hydrogens is 168 g/mol. The van der Waals surface area contributed by atoms with Crippen LogP contribution < -0.4 is 5.73 Å². The van der Waals surface area contributed by atoms with E-state index in [2.05, 4.69) is 6.58 Å².